The summed E-state index contributed by atoms with van der Waals surface area (Å²) in [6, 6.07) is 65.6. The van der Waals surface area contributed by atoms with Crippen molar-refractivity contribution in [1.82, 2.24) is 0 Å². The fourth-order valence-electron chi connectivity index (χ4n) is 6.65. The molecule has 0 aliphatic carbocycles. The van der Waals surface area contributed by atoms with Gasteiger partial charge in [0.2, 0.25) is 0 Å². The van der Waals surface area contributed by atoms with Crippen molar-refractivity contribution in [2.75, 3.05) is 12.3 Å². The van der Waals surface area contributed by atoms with E-state index in [1.807, 2.05) is 0 Å². The third kappa shape index (κ3) is 5.89. The van der Waals surface area contributed by atoms with E-state index in [2.05, 4.69) is 196 Å². The van der Waals surface area contributed by atoms with Gasteiger partial charge in [0.25, 0.3) is 0 Å². The molecular weight excluding hydrogens is 522 g/mol. The number of hydrogen-bond donors (Lipinski definition) is 0. The Labute approximate surface area is 253 Å². The third-order valence-electron chi connectivity index (χ3n) is 8.78. The summed E-state index contributed by atoms with van der Waals surface area (Å²) in [4.78, 5) is 0. The predicted octanol–water partition coefficient (Wildman–Crippen LogP) is 6.76. The zero-order valence-corrected chi connectivity index (χ0v) is 25.7. The van der Waals surface area contributed by atoms with Gasteiger partial charge in [-0.15, -0.1) is 0 Å². The predicted molar refractivity (Wildman–Crippen MR) is 190 cm³/mol. The molecule has 42 heavy (non-hydrogen) atoms. The molecule has 0 spiro atoms. The summed E-state index contributed by atoms with van der Waals surface area (Å²) in [6.45, 7) is 4.66. The summed E-state index contributed by atoms with van der Waals surface area (Å²) >= 11 is 0. The van der Waals surface area contributed by atoms with E-state index in [1.54, 1.807) is 0 Å². The summed E-state index contributed by atoms with van der Waals surface area (Å²) in [6.07, 6.45) is 1.28. The average molecular weight is 563 g/mol. The van der Waals surface area contributed by atoms with Crippen molar-refractivity contribution in [2.45, 2.75) is 13.8 Å². The molecule has 208 valence electrons. The zero-order valence-electron chi connectivity index (χ0n) is 24.8. The smallest absolute Gasteiger partial charge is 0.108 e. The Morgan fingerprint density at radius 2 is 0.548 bits per heavy atom. The minimum atomic E-state index is -1.22. The van der Waals surface area contributed by atoms with Crippen LogP contribution in [0.15, 0.2) is 182 Å². The Hall–Kier alpha value is -4.19. The van der Waals surface area contributed by atoms with Crippen molar-refractivity contribution < 1.29 is 0 Å². The molecule has 0 nitrogen and oxygen atoms in total. The molecule has 0 bridgehead atoms. The van der Waals surface area contributed by atoms with E-state index in [0.29, 0.717) is 0 Å². The lowest BCUT2D eigenvalue weighted by atomic mass is 9.13. The molecule has 6 rings (SSSR count). The lowest BCUT2D eigenvalue weighted by Crippen LogP contribution is -2.74. The van der Waals surface area contributed by atoms with Gasteiger partial charge in [-0.05, 0) is 38.1 Å². The summed E-state index contributed by atoms with van der Waals surface area (Å²) in [5.74, 6) is 0. The minimum absolute atomic E-state index is 1.16. The van der Waals surface area contributed by atoms with Crippen LogP contribution in [0.4, 0.5) is 0 Å². The average Bonchev–Trinajstić information content (AvgIpc) is 3.09. The molecule has 0 unspecified atom stereocenters. The standard InChI is InChI=1S/C24H20B.C16H20P/c1-5-13-21(14-6-1)25(22-15-7-2-8-16-22,23-17-9-3-10-18-23)24-19-11-4-12-20-24;1-3-17(4-2,15-11-7-5-8-12-15)16-13-9-6-10-14-16/h1-20H;5-14H,3-4H2,1-2H3/q-1;+1. The Kier molecular flexibility index (Phi) is 9.86. The molecule has 0 amide bonds. The van der Waals surface area contributed by atoms with Crippen molar-refractivity contribution in [3.8, 4) is 0 Å². The fraction of sp³-hybridized carbons (Fsp3) is 0.100. The van der Waals surface area contributed by atoms with Gasteiger partial charge in [-0.2, -0.15) is 21.9 Å². The minimum Gasteiger partial charge on any atom is -0.195 e. The van der Waals surface area contributed by atoms with Crippen LogP contribution in [0.25, 0.3) is 0 Å². The molecule has 6 aromatic rings. The summed E-state index contributed by atoms with van der Waals surface area (Å²) in [7, 11) is -1.16. The van der Waals surface area contributed by atoms with Crippen molar-refractivity contribution >= 4 is 45.9 Å². The van der Waals surface area contributed by atoms with Crippen LogP contribution in [0, 0.1) is 0 Å². The van der Waals surface area contributed by atoms with E-state index in [1.165, 1.54) is 44.8 Å². The van der Waals surface area contributed by atoms with Gasteiger partial charge in [0.05, 0.1) is 30.2 Å². The van der Waals surface area contributed by atoms with E-state index in [0.717, 1.165) is 0 Å². The zero-order chi connectivity index (χ0) is 29.1. The molecule has 0 heterocycles. The highest BCUT2D eigenvalue weighted by molar-refractivity contribution is 7.89. The Morgan fingerprint density at radius 1 is 0.333 bits per heavy atom. The van der Waals surface area contributed by atoms with Gasteiger partial charge < -0.3 is 0 Å². The van der Waals surface area contributed by atoms with Crippen LogP contribution >= 0.6 is 7.26 Å². The first-order valence-electron chi connectivity index (χ1n) is 15.1. The summed E-state index contributed by atoms with van der Waals surface area (Å²) in [5.41, 5.74) is 5.36. The maximum Gasteiger partial charge on any atom is 0.108 e. The van der Waals surface area contributed by atoms with Gasteiger partial charge in [-0.3, -0.25) is 0 Å². The second-order valence-corrected chi connectivity index (χ2v) is 15.0. The molecule has 0 radical (unpaired) electrons. The van der Waals surface area contributed by atoms with Crippen LogP contribution in [0.2, 0.25) is 0 Å². The topological polar surface area (TPSA) is 0 Å². The van der Waals surface area contributed by atoms with Gasteiger partial charge in [-0.1, -0.05) is 158 Å². The molecule has 0 atom stereocenters. The monoisotopic (exact) mass is 562 g/mol. The summed E-state index contributed by atoms with van der Waals surface area (Å²) < 4.78 is 0. The molecular formula is C40H40BP. The lowest BCUT2D eigenvalue weighted by Gasteiger charge is -2.44. The molecule has 2 heteroatoms. The second kappa shape index (κ2) is 14.1. The molecule has 0 aromatic heterocycles. The van der Waals surface area contributed by atoms with Gasteiger partial charge in [0.15, 0.2) is 0 Å². The molecule has 0 fully saturated rings. The molecule has 0 aliphatic rings. The largest absolute Gasteiger partial charge is 0.195 e. The first kappa shape index (κ1) is 29.3. The van der Waals surface area contributed by atoms with Crippen LogP contribution in [0.3, 0.4) is 0 Å². The first-order valence-corrected chi connectivity index (χ1v) is 17.3. The van der Waals surface area contributed by atoms with Crippen molar-refractivity contribution in [3.63, 3.8) is 0 Å². The van der Waals surface area contributed by atoms with Crippen LogP contribution in [0.1, 0.15) is 13.8 Å². The summed E-state index contributed by atoms with van der Waals surface area (Å²) in [5, 5.41) is 3.08. The highest BCUT2D eigenvalue weighted by Gasteiger charge is 2.38. The van der Waals surface area contributed by atoms with Crippen molar-refractivity contribution in [1.29, 1.82) is 0 Å². The van der Waals surface area contributed by atoms with E-state index in [-0.39, 0.29) is 0 Å². The quantitative estimate of drug-likeness (QED) is 0.142. The Bertz CT molecular complexity index is 1400. The Balaban J connectivity index is 0.000000181. The van der Waals surface area contributed by atoms with Crippen LogP contribution in [-0.4, -0.2) is 18.5 Å². The highest BCUT2D eigenvalue weighted by atomic mass is 31.2. The molecule has 6 aromatic carbocycles. The normalized spacial score (nSPS) is 11.3. The van der Waals surface area contributed by atoms with Gasteiger partial charge >= 0.3 is 0 Å². The van der Waals surface area contributed by atoms with Crippen molar-refractivity contribution in [2.24, 2.45) is 0 Å². The van der Waals surface area contributed by atoms with Crippen LogP contribution < -0.4 is 32.5 Å². The number of benzene rings is 6. The second-order valence-electron chi connectivity index (χ2n) is 10.8. The van der Waals surface area contributed by atoms with E-state index < -0.39 is 13.4 Å². The molecule has 0 saturated carbocycles. The maximum absolute atomic E-state index is 2.33. The number of rotatable bonds is 8. The van der Waals surface area contributed by atoms with E-state index in [4.69, 9.17) is 0 Å². The molecule has 0 N–H and O–H groups in total. The molecule has 0 aliphatic heterocycles. The van der Waals surface area contributed by atoms with Crippen LogP contribution in [0.5, 0.6) is 0 Å². The fourth-order valence-corrected chi connectivity index (χ4v) is 10.3. The first-order chi connectivity index (χ1) is 20.8. The van der Waals surface area contributed by atoms with Crippen LogP contribution in [-0.2, 0) is 0 Å². The van der Waals surface area contributed by atoms with E-state index >= 15 is 0 Å². The van der Waals surface area contributed by atoms with Gasteiger partial charge in [-0.25, -0.2) is 0 Å². The van der Waals surface area contributed by atoms with Gasteiger partial charge in [0.1, 0.15) is 6.15 Å². The van der Waals surface area contributed by atoms with Crippen molar-refractivity contribution in [3.05, 3.63) is 182 Å². The van der Waals surface area contributed by atoms with Gasteiger partial charge in [0, 0.05) is 0 Å². The number of hydrogen-bond acceptors (Lipinski definition) is 0. The Morgan fingerprint density at radius 3 is 0.762 bits per heavy atom. The lowest BCUT2D eigenvalue weighted by molar-refractivity contribution is 1.39. The SMILES string of the molecule is CC[P+](CC)(c1ccccc1)c1ccccc1.c1ccc([B-](c2ccccc2)(c2ccccc2)c2ccccc2)cc1. The third-order valence-corrected chi connectivity index (χ3v) is 13.5. The van der Waals surface area contributed by atoms with E-state index in [9.17, 15) is 0 Å². The molecule has 0 saturated heterocycles. The maximum atomic E-state index is 2.33. The highest BCUT2D eigenvalue weighted by Crippen LogP contribution is 2.55.